The monoisotopic (exact) mass is 281 g/mol. The van der Waals surface area contributed by atoms with Crippen molar-refractivity contribution >= 4 is 23.2 Å². The number of benzene rings is 1. The molecule has 104 valence electrons. The normalized spacial score (nSPS) is 9.74. The fraction of sp³-hybridized carbons (Fsp3) is 0.385. The lowest BCUT2D eigenvalue weighted by molar-refractivity contribution is -0.120. The number of methoxy groups -OCH3 is 1. The average molecular weight is 281 g/mol. The van der Waals surface area contributed by atoms with E-state index in [4.69, 9.17) is 17.0 Å². The summed E-state index contributed by atoms with van der Waals surface area (Å²) in [5, 5.41) is 9.05. The lowest BCUT2D eigenvalue weighted by Crippen LogP contribution is -2.42. The molecule has 0 aliphatic rings. The Morgan fingerprint density at radius 3 is 2.63 bits per heavy atom. The second kappa shape index (κ2) is 9.29. The third kappa shape index (κ3) is 7.38. The van der Waals surface area contributed by atoms with Crippen LogP contribution in [0.5, 0.6) is 0 Å². The fourth-order valence-corrected chi connectivity index (χ4v) is 1.50. The maximum atomic E-state index is 11.4. The number of carbonyl (C=O) groups excluding carboxylic acids is 1. The second-order valence-corrected chi connectivity index (χ2v) is 4.27. The Hall–Kier alpha value is -1.66. The summed E-state index contributed by atoms with van der Waals surface area (Å²) in [6, 6.07) is 9.91. The molecule has 0 unspecified atom stereocenters. The molecule has 0 heterocycles. The van der Waals surface area contributed by atoms with Crippen LogP contribution in [-0.4, -0.2) is 37.8 Å². The summed E-state index contributed by atoms with van der Waals surface area (Å²) < 4.78 is 4.83. The minimum absolute atomic E-state index is 0.110. The Labute approximate surface area is 118 Å². The van der Waals surface area contributed by atoms with Crippen molar-refractivity contribution in [3.05, 3.63) is 35.9 Å². The molecule has 1 amide bonds. The number of nitrogens with one attached hydrogen (secondary N) is 3. The van der Waals surface area contributed by atoms with Crippen LogP contribution in [0.3, 0.4) is 0 Å². The van der Waals surface area contributed by atoms with Gasteiger partial charge >= 0.3 is 0 Å². The van der Waals surface area contributed by atoms with Crippen LogP contribution in [0.4, 0.5) is 0 Å². The predicted octanol–water partition coefficient (Wildman–Crippen LogP) is 0.413. The summed E-state index contributed by atoms with van der Waals surface area (Å²) in [5.41, 5.74) is 1.14. The summed E-state index contributed by atoms with van der Waals surface area (Å²) in [6.45, 7) is 1.80. The number of thiocarbonyl (C=S) groups is 1. The molecule has 5 nitrogen and oxygen atoms in total. The molecule has 0 spiro atoms. The molecule has 0 fully saturated rings. The molecule has 3 N–H and O–H groups in total. The van der Waals surface area contributed by atoms with Crippen LogP contribution >= 0.6 is 12.2 Å². The van der Waals surface area contributed by atoms with Crippen molar-refractivity contribution in [3.8, 4) is 0 Å². The van der Waals surface area contributed by atoms with Gasteiger partial charge in [-0.2, -0.15) is 0 Å². The number of rotatable bonds is 7. The summed E-state index contributed by atoms with van der Waals surface area (Å²) in [7, 11) is 1.59. The van der Waals surface area contributed by atoms with E-state index in [0.717, 1.165) is 5.56 Å². The molecule has 1 aromatic carbocycles. The van der Waals surface area contributed by atoms with Gasteiger partial charge in [0.15, 0.2) is 5.11 Å². The number of ether oxygens (including phenoxy) is 1. The minimum atomic E-state index is -0.110. The topological polar surface area (TPSA) is 62.4 Å². The van der Waals surface area contributed by atoms with E-state index in [9.17, 15) is 4.79 Å². The van der Waals surface area contributed by atoms with Gasteiger partial charge in [0.25, 0.3) is 0 Å². The van der Waals surface area contributed by atoms with Gasteiger partial charge in [-0.15, -0.1) is 0 Å². The average Bonchev–Trinajstić information content (AvgIpc) is 2.44. The zero-order valence-corrected chi connectivity index (χ0v) is 11.8. The first-order chi connectivity index (χ1) is 9.22. The van der Waals surface area contributed by atoms with Gasteiger partial charge in [0.2, 0.25) is 5.91 Å². The van der Waals surface area contributed by atoms with Crippen molar-refractivity contribution < 1.29 is 9.53 Å². The highest BCUT2D eigenvalue weighted by Crippen LogP contribution is 1.96. The zero-order chi connectivity index (χ0) is 13.9. The van der Waals surface area contributed by atoms with Gasteiger partial charge in [-0.25, -0.2) is 0 Å². The molecule has 1 rings (SSSR count). The Kier molecular flexibility index (Phi) is 7.53. The third-order valence-electron chi connectivity index (χ3n) is 2.33. The van der Waals surface area contributed by atoms with Gasteiger partial charge in [-0.05, 0) is 17.8 Å². The molecule has 1 aromatic rings. The van der Waals surface area contributed by atoms with Crippen molar-refractivity contribution in [1.82, 2.24) is 16.0 Å². The van der Waals surface area contributed by atoms with Crippen molar-refractivity contribution in [2.24, 2.45) is 0 Å². The zero-order valence-electron chi connectivity index (χ0n) is 10.9. The first kappa shape index (κ1) is 15.4. The van der Waals surface area contributed by atoms with Gasteiger partial charge in [0.05, 0.1) is 13.2 Å². The van der Waals surface area contributed by atoms with E-state index in [1.165, 1.54) is 0 Å². The van der Waals surface area contributed by atoms with Gasteiger partial charge < -0.3 is 20.7 Å². The van der Waals surface area contributed by atoms with E-state index < -0.39 is 0 Å². The molecule has 19 heavy (non-hydrogen) atoms. The standard InChI is InChI=1S/C13H19N3O2S/c1-18-8-7-14-12(17)10-16-13(19)15-9-11-5-3-2-4-6-11/h2-6H,7-10H2,1H3,(H,14,17)(H2,15,16,19). The maximum absolute atomic E-state index is 11.4. The number of amides is 1. The first-order valence-electron chi connectivity index (χ1n) is 6.03. The van der Waals surface area contributed by atoms with E-state index in [1.54, 1.807) is 7.11 Å². The summed E-state index contributed by atoms with van der Waals surface area (Å²) in [5.74, 6) is -0.110. The molecule has 6 heteroatoms. The molecule has 0 bridgehead atoms. The largest absolute Gasteiger partial charge is 0.383 e. The molecule has 0 saturated heterocycles. The lowest BCUT2D eigenvalue weighted by Gasteiger charge is -2.10. The summed E-state index contributed by atoms with van der Waals surface area (Å²) in [4.78, 5) is 11.4. The smallest absolute Gasteiger partial charge is 0.239 e. The Morgan fingerprint density at radius 2 is 1.95 bits per heavy atom. The number of hydrogen-bond donors (Lipinski definition) is 3. The highest BCUT2D eigenvalue weighted by Gasteiger charge is 2.01. The quantitative estimate of drug-likeness (QED) is 0.499. The molecular formula is C13H19N3O2S. The molecule has 0 aliphatic heterocycles. The van der Waals surface area contributed by atoms with E-state index >= 15 is 0 Å². The van der Waals surface area contributed by atoms with E-state index in [1.807, 2.05) is 30.3 Å². The molecule has 0 saturated carbocycles. The van der Waals surface area contributed by atoms with Gasteiger partial charge in [0.1, 0.15) is 0 Å². The number of carbonyl (C=O) groups is 1. The van der Waals surface area contributed by atoms with Crippen LogP contribution in [0.25, 0.3) is 0 Å². The van der Waals surface area contributed by atoms with Gasteiger partial charge in [-0.3, -0.25) is 4.79 Å². The van der Waals surface area contributed by atoms with E-state index in [2.05, 4.69) is 16.0 Å². The molecule has 0 atom stereocenters. The van der Waals surface area contributed by atoms with Gasteiger partial charge in [-0.1, -0.05) is 30.3 Å². The third-order valence-corrected chi connectivity index (χ3v) is 2.62. The van der Waals surface area contributed by atoms with Crippen LogP contribution in [-0.2, 0) is 16.1 Å². The van der Waals surface area contributed by atoms with Crippen LogP contribution in [0.2, 0.25) is 0 Å². The second-order valence-electron chi connectivity index (χ2n) is 3.86. The van der Waals surface area contributed by atoms with Crippen LogP contribution in [0.1, 0.15) is 5.56 Å². The Balaban J connectivity index is 2.12. The lowest BCUT2D eigenvalue weighted by atomic mass is 10.2. The highest BCUT2D eigenvalue weighted by atomic mass is 32.1. The molecule has 0 aliphatic carbocycles. The van der Waals surface area contributed by atoms with Crippen molar-refractivity contribution in [2.45, 2.75) is 6.54 Å². The Morgan fingerprint density at radius 1 is 1.21 bits per heavy atom. The Bertz CT molecular complexity index is 398. The van der Waals surface area contributed by atoms with Crippen LogP contribution < -0.4 is 16.0 Å². The van der Waals surface area contributed by atoms with Crippen LogP contribution in [0, 0.1) is 0 Å². The molecule has 0 radical (unpaired) electrons. The van der Waals surface area contributed by atoms with Crippen molar-refractivity contribution in [2.75, 3.05) is 26.8 Å². The minimum Gasteiger partial charge on any atom is -0.383 e. The molecular weight excluding hydrogens is 262 g/mol. The SMILES string of the molecule is COCCNC(=O)CNC(=S)NCc1ccccc1. The highest BCUT2D eigenvalue weighted by molar-refractivity contribution is 7.80. The number of hydrogen-bond acceptors (Lipinski definition) is 3. The van der Waals surface area contributed by atoms with Crippen LogP contribution in [0.15, 0.2) is 30.3 Å². The van der Waals surface area contributed by atoms with Gasteiger partial charge in [0, 0.05) is 20.2 Å². The molecule has 0 aromatic heterocycles. The first-order valence-corrected chi connectivity index (χ1v) is 6.44. The summed E-state index contributed by atoms with van der Waals surface area (Å²) >= 11 is 5.08. The van der Waals surface area contributed by atoms with Crippen molar-refractivity contribution in [1.29, 1.82) is 0 Å². The predicted molar refractivity (Wildman–Crippen MR) is 78.8 cm³/mol. The fourth-order valence-electron chi connectivity index (χ4n) is 1.36. The summed E-state index contributed by atoms with van der Waals surface area (Å²) in [6.07, 6.45) is 0. The maximum Gasteiger partial charge on any atom is 0.239 e. The van der Waals surface area contributed by atoms with Crippen molar-refractivity contribution in [3.63, 3.8) is 0 Å². The van der Waals surface area contributed by atoms with E-state index in [0.29, 0.717) is 24.8 Å². The van der Waals surface area contributed by atoms with E-state index in [-0.39, 0.29) is 12.5 Å².